The zero-order valence-electron chi connectivity index (χ0n) is 28.4. The van der Waals surface area contributed by atoms with E-state index < -0.39 is 23.2 Å². The quantitative estimate of drug-likeness (QED) is 0.0601. The molecule has 0 aromatic heterocycles. The minimum Gasteiger partial charge on any atom is -0.479 e. The molecule has 1 rings (SSSR count). The van der Waals surface area contributed by atoms with Crippen molar-refractivity contribution in [1.82, 2.24) is 5.06 Å². The molecule has 1 saturated heterocycles. The highest BCUT2D eigenvalue weighted by Crippen LogP contribution is 2.38. The van der Waals surface area contributed by atoms with Gasteiger partial charge in [-0.25, -0.2) is 4.79 Å². The number of aliphatic carboxylic acids is 1. The van der Waals surface area contributed by atoms with Crippen molar-refractivity contribution in [2.24, 2.45) is 5.92 Å². The van der Waals surface area contributed by atoms with Crippen molar-refractivity contribution in [3.63, 3.8) is 0 Å². The van der Waals surface area contributed by atoms with E-state index in [0.29, 0.717) is 11.5 Å². The number of hydroxylamine groups is 2. The van der Waals surface area contributed by atoms with Gasteiger partial charge in [0.15, 0.2) is 5.78 Å². The molecular weight excluding hydrogens is 538 g/mol. The summed E-state index contributed by atoms with van der Waals surface area (Å²) in [5, 5.41) is 21.4. The highest BCUT2D eigenvalue weighted by atomic mass is 16.5. The van der Waals surface area contributed by atoms with Gasteiger partial charge in [0.05, 0.1) is 5.92 Å². The number of carbonyl (C=O) groups excluding carboxylic acids is 2. The molecule has 0 radical (unpaired) electrons. The molecule has 0 spiro atoms. The molecule has 1 fully saturated rings. The van der Waals surface area contributed by atoms with Gasteiger partial charge in [-0.1, -0.05) is 168 Å². The normalized spacial score (nSPS) is 18.8. The number of ketones is 2. The Morgan fingerprint density at radius 1 is 0.558 bits per heavy atom. The minimum atomic E-state index is -2.11. The van der Waals surface area contributed by atoms with E-state index in [-0.39, 0.29) is 31.6 Å². The van der Waals surface area contributed by atoms with E-state index in [2.05, 4.69) is 13.8 Å². The number of hydrogen-bond acceptors (Lipinski definition) is 5. The number of Topliss-reactive ketones (excluding diaryl/α,β-unsaturated/α-hetero) is 2. The highest BCUT2D eigenvalue weighted by molar-refractivity contribution is 6.12. The van der Waals surface area contributed by atoms with Crippen molar-refractivity contribution in [3.05, 3.63) is 0 Å². The lowest BCUT2D eigenvalue weighted by atomic mass is 9.76. The van der Waals surface area contributed by atoms with Gasteiger partial charge in [-0.3, -0.25) is 9.59 Å². The zero-order valence-corrected chi connectivity index (χ0v) is 28.4. The molecular formula is C37H69NO5. The van der Waals surface area contributed by atoms with Gasteiger partial charge < -0.3 is 10.3 Å². The van der Waals surface area contributed by atoms with Gasteiger partial charge >= 0.3 is 5.97 Å². The van der Waals surface area contributed by atoms with Crippen molar-refractivity contribution in [2.45, 2.75) is 206 Å². The van der Waals surface area contributed by atoms with Crippen LogP contribution in [-0.2, 0) is 14.4 Å². The first-order valence-electron chi connectivity index (χ1n) is 18.7. The molecule has 0 aromatic carbocycles. The van der Waals surface area contributed by atoms with Gasteiger partial charge in [0.1, 0.15) is 5.78 Å². The molecule has 0 aromatic rings. The second-order valence-electron chi connectivity index (χ2n) is 13.4. The summed E-state index contributed by atoms with van der Waals surface area (Å²) in [5.41, 5.74) is -2.11. The Bertz CT molecular complexity index is 726. The molecule has 0 bridgehead atoms. The van der Waals surface area contributed by atoms with E-state index in [0.717, 1.165) is 38.5 Å². The van der Waals surface area contributed by atoms with Crippen LogP contribution in [0.25, 0.3) is 0 Å². The van der Waals surface area contributed by atoms with Gasteiger partial charge in [0.25, 0.3) is 0 Å². The standard InChI is InChI=1S/C37H69NO5/c1-3-5-7-9-11-13-15-17-19-21-23-25-27-29-34(39)33-31-32-38(43)37(33,36(41)42)35(40)30-28-26-24-22-20-18-16-14-12-10-8-6-4-2/h33,43H,3-32H2,1-2H3,(H,41,42)/t33?,37-/m1/s1. The third-order valence-corrected chi connectivity index (χ3v) is 9.71. The number of hydrogen-bond donors (Lipinski definition) is 2. The van der Waals surface area contributed by atoms with Crippen molar-refractivity contribution >= 4 is 17.5 Å². The van der Waals surface area contributed by atoms with Crippen LogP contribution in [0.5, 0.6) is 0 Å². The van der Waals surface area contributed by atoms with E-state index in [1.165, 1.54) is 122 Å². The molecule has 1 unspecified atom stereocenters. The molecule has 1 aliphatic rings. The van der Waals surface area contributed by atoms with Crippen LogP contribution in [0.15, 0.2) is 0 Å². The number of unbranched alkanes of at least 4 members (excludes halogenated alkanes) is 24. The molecule has 252 valence electrons. The Morgan fingerprint density at radius 2 is 0.884 bits per heavy atom. The van der Waals surface area contributed by atoms with Crippen molar-refractivity contribution in [1.29, 1.82) is 0 Å². The number of nitrogens with zero attached hydrogens (tertiary/aromatic N) is 1. The first-order valence-corrected chi connectivity index (χ1v) is 18.7. The van der Waals surface area contributed by atoms with Crippen molar-refractivity contribution in [3.8, 4) is 0 Å². The number of carboxylic acids is 1. The van der Waals surface area contributed by atoms with Gasteiger partial charge in [-0.05, 0) is 19.3 Å². The van der Waals surface area contributed by atoms with Crippen LogP contribution in [0.4, 0.5) is 0 Å². The molecule has 0 aliphatic carbocycles. The minimum absolute atomic E-state index is 0.0473. The fourth-order valence-corrected chi connectivity index (χ4v) is 6.91. The summed E-state index contributed by atoms with van der Waals surface area (Å²) in [7, 11) is 0. The Balaban J connectivity index is 2.27. The smallest absolute Gasteiger partial charge is 0.334 e. The van der Waals surface area contributed by atoms with Crippen molar-refractivity contribution < 1.29 is 24.7 Å². The molecule has 6 nitrogen and oxygen atoms in total. The highest BCUT2D eigenvalue weighted by Gasteiger charge is 2.61. The van der Waals surface area contributed by atoms with Gasteiger partial charge in [0, 0.05) is 19.4 Å². The Labute approximate surface area is 265 Å². The van der Waals surface area contributed by atoms with Crippen LogP contribution in [-0.4, -0.2) is 45.0 Å². The Hall–Kier alpha value is -1.27. The molecule has 6 heteroatoms. The second kappa shape index (κ2) is 26.0. The Kier molecular flexibility index (Phi) is 24.0. The number of carbonyl (C=O) groups is 3. The molecule has 0 amide bonds. The lowest BCUT2D eigenvalue weighted by Gasteiger charge is -2.33. The van der Waals surface area contributed by atoms with Crippen LogP contribution < -0.4 is 0 Å². The summed E-state index contributed by atoms with van der Waals surface area (Å²) in [5.74, 6) is -3.02. The summed E-state index contributed by atoms with van der Waals surface area (Å²) in [6, 6.07) is 0. The SMILES string of the molecule is CCCCCCCCCCCCCCCC(=O)C1CCN(O)[C@@]1(C(=O)O)C(=O)CCCCCCCCCCCCCCC. The lowest BCUT2D eigenvalue weighted by Crippen LogP contribution is -2.60. The maximum absolute atomic E-state index is 13.3. The topological polar surface area (TPSA) is 94.9 Å². The monoisotopic (exact) mass is 608 g/mol. The average molecular weight is 608 g/mol. The van der Waals surface area contributed by atoms with Crippen LogP contribution in [0.3, 0.4) is 0 Å². The molecule has 43 heavy (non-hydrogen) atoms. The molecule has 2 N–H and O–H groups in total. The number of rotatable bonds is 31. The Morgan fingerprint density at radius 3 is 1.23 bits per heavy atom. The van der Waals surface area contributed by atoms with Crippen LogP contribution in [0, 0.1) is 5.92 Å². The summed E-state index contributed by atoms with van der Waals surface area (Å²) in [6.07, 6.45) is 31.9. The fourth-order valence-electron chi connectivity index (χ4n) is 6.91. The summed E-state index contributed by atoms with van der Waals surface area (Å²) >= 11 is 0. The third kappa shape index (κ3) is 16.0. The van der Waals surface area contributed by atoms with Crippen molar-refractivity contribution in [2.75, 3.05) is 6.54 Å². The average Bonchev–Trinajstić information content (AvgIpc) is 3.35. The molecule has 2 atom stereocenters. The summed E-state index contributed by atoms with van der Waals surface area (Å²) in [4.78, 5) is 38.9. The van der Waals surface area contributed by atoms with Gasteiger partial charge in [0.2, 0.25) is 5.54 Å². The largest absolute Gasteiger partial charge is 0.479 e. The first-order chi connectivity index (χ1) is 20.9. The summed E-state index contributed by atoms with van der Waals surface area (Å²) < 4.78 is 0. The third-order valence-electron chi connectivity index (χ3n) is 9.71. The van der Waals surface area contributed by atoms with Crippen LogP contribution >= 0.6 is 0 Å². The summed E-state index contributed by atoms with van der Waals surface area (Å²) in [6.45, 7) is 4.54. The van der Waals surface area contributed by atoms with E-state index in [9.17, 15) is 24.7 Å². The maximum atomic E-state index is 13.3. The molecule has 1 aliphatic heterocycles. The van der Waals surface area contributed by atoms with E-state index >= 15 is 0 Å². The predicted octanol–water partition coefficient (Wildman–Crippen LogP) is 10.6. The lowest BCUT2D eigenvalue weighted by molar-refractivity contribution is -0.194. The fraction of sp³-hybridized carbons (Fsp3) is 0.919. The number of carboxylic acid groups (broad SMARTS) is 1. The first kappa shape index (κ1) is 39.8. The van der Waals surface area contributed by atoms with Gasteiger partial charge in [-0.15, -0.1) is 0 Å². The van der Waals surface area contributed by atoms with Crippen LogP contribution in [0.1, 0.15) is 200 Å². The second-order valence-corrected chi connectivity index (χ2v) is 13.4. The zero-order chi connectivity index (χ0) is 31.6. The van der Waals surface area contributed by atoms with E-state index in [1.807, 2.05) is 0 Å². The molecule has 0 saturated carbocycles. The van der Waals surface area contributed by atoms with E-state index in [4.69, 9.17) is 0 Å². The van der Waals surface area contributed by atoms with Crippen LogP contribution in [0.2, 0.25) is 0 Å². The maximum Gasteiger partial charge on any atom is 0.334 e. The van der Waals surface area contributed by atoms with E-state index in [1.54, 1.807) is 0 Å². The van der Waals surface area contributed by atoms with Gasteiger partial charge in [-0.2, -0.15) is 5.06 Å². The molecule has 1 heterocycles. The predicted molar refractivity (Wildman–Crippen MR) is 178 cm³/mol.